The fraction of sp³-hybridized carbons (Fsp3) is 0.429. The Morgan fingerprint density at radius 3 is 2.50 bits per heavy atom. The van der Waals surface area contributed by atoms with Gasteiger partial charge in [-0.3, -0.25) is 0 Å². The fourth-order valence-corrected chi connectivity index (χ4v) is 3.26. The largest absolute Gasteiger partial charge is 0.492 e. The maximum Gasteiger partial charge on any atom is 0.122 e. The van der Waals surface area contributed by atoms with Gasteiger partial charge in [0, 0.05) is 12.6 Å². The summed E-state index contributed by atoms with van der Waals surface area (Å²) in [5.74, 6) is 0.986. The molecular formula is C21H27NO2. The van der Waals surface area contributed by atoms with E-state index in [4.69, 9.17) is 4.74 Å². The number of rotatable bonds is 8. The van der Waals surface area contributed by atoms with E-state index in [0.29, 0.717) is 13.2 Å². The van der Waals surface area contributed by atoms with Crippen molar-refractivity contribution in [2.45, 2.75) is 44.2 Å². The fourth-order valence-electron chi connectivity index (χ4n) is 3.26. The Morgan fingerprint density at radius 2 is 1.71 bits per heavy atom. The molecule has 0 bridgehead atoms. The molecule has 3 nitrogen and oxygen atoms in total. The molecule has 1 aliphatic heterocycles. The molecule has 0 aromatic heterocycles. The van der Waals surface area contributed by atoms with Crippen LogP contribution in [0.15, 0.2) is 54.6 Å². The van der Waals surface area contributed by atoms with Gasteiger partial charge in [0.05, 0.1) is 6.10 Å². The Kier molecular flexibility index (Phi) is 6.27. The van der Waals surface area contributed by atoms with Crippen LogP contribution in [-0.2, 0) is 12.8 Å². The van der Waals surface area contributed by atoms with Gasteiger partial charge in [-0.2, -0.15) is 0 Å². The maximum absolute atomic E-state index is 9.57. The topological polar surface area (TPSA) is 41.5 Å². The van der Waals surface area contributed by atoms with Gasteiger partial charge in [-0.05, 0) is 49.3 Å². The van der Waals surface area contributed by atoms with Crippen molar-refractivity contribution in [3.8, 4) is 5.75 Å². The summed E-state index contributed by atoms with van der Waals surface area (Å²) in [7, 11) is 0. The highest BCUT2D eigenvalue weighted by Gasteiger charge is 2.22. The summed E-state index contributed by atoms with van der Waals surface area (Å²) in [4.78, 5) is 0. The Bertz CT molecular complexity index is 614. The van der Waals surface area contributed by atoms with Crippen LogP contribution in [0.3, 0.4) is 0 Å². The molecule has 3 rings (SSSR count). The zero-order valence-corrected chi connectivity index (χ0v) is 14.2. The predicted octanol–water partition coefficient (Wildman–Crippen LogP) is 3.35. The van der Waals surface area contributed by atoms with Crippen LogP contribution in [0.2, 0.25) is 0 Å². The van der Waals surface area contributed by atoms with E-state index in [0.717, 1.165) is 31.4 Å². The SMILES string of the molecule is OC1CNC(COc2ccccc2CCCCc2ccccc2)C1. The molecule has 2 unspecified atom stereocenters. The van der Waals surface area contributed by atoms with Gasteiger partial charge in [-0.15, -0.1) is 0 Å². The summed E-state index contributed by atoms with van der Waals surface area (Å²) < 4.78 is 6.01. The van der Waals surface area contributed by atoms with Crippen LogP contribution in [0.25, 0.3) is 0 Å². The van der Waals surface area contributed by atoms with Crippen LogP contribution in [0.4, 0.5) is 0 Å². The third kappa shape index (κ3) is 5.08. The van der Waals surface area contributed by atoms with Crippen molar-refractivity contribution < 1.29 is 9.84 Å². The van der Waals surface area contributed by atoms with Crippen LogP contribution in [0.5, 0.6) is 5.75 Å². The standard InChI is InChI=1S/C21H27NO2/c23-20-14-19(22-15-20)16-24-21-13-7-6-12-18(21)11-5-4-10-17-8-2-1-3-9-17/h1-3,6-9,12-13,19-20,22-23H,4-5,10-11,14-16H2. The van der Waals surface area contributed by atoms with Crippen LogP contribution < -0.4 is 10.1 Å². The average molecular weight is 325 g/mol. The number of ether oxygens (including phenoxy) is 1. The Hall–Kier alpha value is -1.84. The first kappa shape index (κ1) is 17.0. The number of hydrogen-bond acceptors (Lipinski definition) is 3. The minimum absolute atomic E-state index is 0.230. The summed E-state index contributed by atoms with van der Waals surface area (Å²) in [5, 5.41) is 12.9. The average Bonchev–Trinajstić information content (AvgIpc) is 3.04. The molecule has 2 atom stereocenters. The molecule has 2 aromatic rings. The molecular weight excluding hydrogens is 298 g/mol. The zero-order chi connectivity index (χ0) is 16.6. The van der Waals surface area contributed by atoms with Crippen molar-refractivity contribution in [3.05, 3.63) is 65.7 Å². The predicted molar refractivity (Wildman–Crippen MR) is 97.4 cm³/mol. The van der Waals surface area contributed by atoms with E-state index in [9.17, 15) is 5.11 Å². The quantitative estimate of drug-likeness (QED) is 0.731. The number of nitrogens with one attached hydrogen (secondary N) is 1. The molecule has 3 heteroatoms. The van der Waals surface area contributed by atoms with E-state index in [2.05, 4.69) is 53.8 Å². The smallest absolute Gasteiger partial charge is 0.122 e. The van der Waals surface area contributed by atoms with Crippen LogP contribution in [-0.4, -0.2) is 30.4 Å². The van der Waals surface area contributed by atoms with Crippen LogP contribution >= 0.6 is 0 Å². The Balaban J connectivity index is 1.45. The van der Waals surface area contributed by atoms with E-state index in [1.165, 1.54) is 17.5 Å². The van der Waals surface area contributed by atoms with Crippen molar-refractivity contribution in [2.75, 3.05) is 13.2 Å². The summed E-state index contributed by atoms with van der Waals surface area (Å²) >= 11 is 0. The van der Waals surface area contributed by atoms with E-state index >= 15 is 0 Å². The molecule has 2 N–H and O–H groups in total. The Morgan fingerprint density at radius 1 is 0.958 bits per heavy atom. The normalized spacial score (nSPS) is 20.2. The number of unbranched alkanes of at least 4 members (excludes halogenated alkanes) is 1. The summed E-state index contributed by atoms with van der Waals surface area (Å²) in [6, 6.07) is 19.2. The summed E-state index contributed by atoms with van der Waals surface area (Å²) in [5.41, 5.74) is 2.69. The second kappa shape index (κ2) is 8.86. The number of aliphatic hydroxyl groups is 1. The van der Waals surface area contributed by atoms with E-state index < -0.39 is 0 Å². The number of hydrogen-bond donors (Lipinski definition) is 2. The van der Waals surface area contributed by atoms with Gasteiger partial charge < -0.3 is 15.2 Å². The Labute approximate surface area is 144 Å². The molecule has 24 heavy (non-hydrogen) atoms. The van der Waals surface area contributed by atoms with Crippen molar-refractivity contribution in [3.63, 3.8) is 0 Å². The van der Waals surface area contributed by atoms with Gasteiger partial charge in [0.1, 0.15) is 12.4 Å². The molecule has 1 fully saturated rings. The number of benzene rings is 2. The van der Waals surface area contributed by atoms with E-state index in [1.807, 2.05) is 6.07 Å². The van der Waals surface area contributed by atoms with E-state index in [-0.39, 0.29) is 12.1 Å². The summed E-state index contributed by atoms with van der Waals surface area (Å²) in [6.07, 6.45) is 5.08. The highest BCUT2D eigenvalue weighted by atomic mass is 16.5. The molecule has 128 valence electrons. The third-order valence-electron chi connectivity index (χ3n) is 4.62. The molecule has 0 amide bonds. The first-order valence-electron chi connectivity index (χ1n) is 8.97. The molecule has 1 saturated heterocycles. The van der Waals surface area contributed by atoms with Gasteiger partial charge in [0.15, 0.2) is 0 Å². The lowest BCUT2D eigenvalue weighted by molar-refractivity contribution is 0.187. The zero-order valence-electron chi connectivity index (χ0n) is 14.2. The lowest BCUT2D eigenvalue weighted by atomic mass is 10.0. The van der Waals surface area contributed by atoms with Crippen molar-refractivity contribution >= 4 is 0 Å². The highest BCUT2D eigenvalue weighted by Crippen LogP contribution is 2.21. The summed E-state index contributed by atoms with van der Waals surface area (Å²) in [6.45, 7) is 1.30. The van der Waals surface area contributed by atoms with Crippen molar-refractivity contribution in [1.82, 2.24) is 5.32 Å². The molecule has 1 aliphatic rings. The number of β-amino-alcohol motifs (C(OH)–C–C–N with tert-alkyl or cyclic N) is 1. The van der Waals surface area contributed by atoms with Gasteiger partial charge in [0.2, 0.25) is 0 Å². The minimum atomic E-state index is -0.230. The monoisotopic (exact) mass is 325 g/mol. The first-order valence-corrected chi connectivity index (χ1v) is 8.97. The van der Waals surface area contributed by atoms with Gasteiger partial charge in [-0.1, -0.05) is 48.5 Å². The molecule has 0 radical (unpaired) electrons. The van der Waals surface area contributed by atoms with Crippen LogP contribution in [0, 0.1) is 0 Å². The van der Waals surface area contributed by atoms with Crippen molar-refractivity contribution in [1.29, 1.82) is 0 Å². The van der Waals surface area contributed by atoms with E-state index in [1.54, 1.807) is 0 Å². The first-order chi connectivity index (χ1) is 11.8. The number of aliphatic hydroxyl groups excluding tert-OH is 1. The molecule has 1 heterocycles. The number of para-hydroxylation sites is 1. The lowest BCUT2D eigenvalue weighted by Crippen LogP contribution is -2.28. The minimum Gasteiger partial charge on any atom is -0.492 e. The van der Waals surface area contributed by atoms with Gasteiger partial charge in [-0.25, -0.2) is 0 Å². The molecule has 0 saturated carbocycles. The number of aryl methyl sites for hydroxylation is 2. The van der Waals surface area contributed by atoms with Crippen molar-refractivity contribution in [2.24, 2.45) is 0 Å². The second-order valence-electron chi connectivity index (χ2n) is 6.61. The molecule has 2 aromatic carbocycles. The maximum atomic E-state index is 9.57. The van der Waals surface area contributed by atoms with Crippen LogP contribution in [0.1, 0.15) is 30.4 Å². The highest BCUT2D eigenvalue weighted by molar-refractivity contribution is 5.33. The third-order valence-corrected chi connectivity index (χ3v) is 4.62. The van der Waals surface area contributed by atoms with Gasteiger partial charge in [0.25, 0.3) is 0 Å². The van der Waals surface area contributed by atoms with Gasteiger partial charge >= 0.3 is 0 Å². The molecule has 0 aliphatic carbocycles. The lowest BCUT2D eigenvalue weighted by Gasteiger charge is -2.15. The second-order valence-corrected chi connectivity index (χ2v) is 6.61. The molecule has 0 spiro atoms.